The number of hydrogen-bond acceptors (Lipinski definition) is 2. The summed E-state index contributed by atoms with van der Waals surface area (Å²) in [5, 5.41) is 0. The molecule has 1 aliphatic heterocycles. The maximum absolute atomic E-state index is 5.87. The third-order valence-electron chi connectivity index (χ3n) is 4.48. The van der Waals surface area contributed by atoms with Crippen LogP contribution in [0.3, 0.4) is 0 Å². The Balaban J connectivity index is 0.00000180. The Morgan fingerprint density at radius 1 is 1.16 bits per heavy atom. The van der Waals surface area contributed by atoms with Crippen LogP contribution in [0.1, 0.15) is 35.6 Å². The second-order valence-electron chi connectivity index (χ2n) is 6.34. The highest BCUT2D eigenvalue weighted by Gasteiger charge is 2.32. The Hall–Kier alpha value is -0.570. The van der Waals surface area contributed by atoms with Crippen molar-refractivity contribution in [1.29, 1.82) is 0 Å². The van der Waals surface area contributed by atoms with Crippen LogP contribution in [0.4, 0.5) is 0 Å². The van der Waals surface area contributed by atoms with Crippen molar-refractivity contribution in [3.63, 3.8) is 0 Å². The summed E-state index contributed by atoms with van der Waals surface area (Å²) in [7, 11) is 0. The lowest BCUT2D eigenvalue weighted by atomic mass is 9.90. The van der Waals surface area contributed by atoms with E-state index in [1.807, 2.05) is 0 Å². The molecule has 1 unspecified atom stereocenters. The Morgan fingerprint density at radius 2 is 1.79 bits per heavy atom. The fourth-order valence-corrected chi connectivity index (χ4v) is 2.86. The molecule has 2 nitrogen and oxygen atoms in total. The number of halogens is 1. The molecule has 1 aliphatic rings. The molecule has 1 atom stereocenters. The quantitative estimate of drug-likeness (QED) is 0.922. The summed E-state index contributed by atoms with van der Waals surface area (Å²) in [6, 6.07) is 4.66. The molecule has 1 saturated heterocycles. The van der Waals surface area contributed by atoms with Gasteiger partial charge in [-0.1, -0.05) is 19.1 Å². The molecule has 0 aromatic heterocycles. The maximum Gasteiger partial charge on any atom is 0.0236 e. The van der Waals surface area contributed by atoms with Gasteiger partial charge in [0.2, 0.25) is 0 Å². The largest absolute Gasteiger partial charge is 0.330 e. The highest BCUT2D eigenvalue weighted by Crippen LogP contribution is 2.30. The molecule has 1 aromatic rings. The van der Waals surface area contributed by atoms with Crippen molar-refractivity contribution < 1.29 is 0 Å². The van der Waals surface area contributed by atoms with Gasteiger partial charge in [-0.3, -0.25) is 4.90 Å². The molecular formula is C16H27ClN2. The number of nitrogens with two attached hydrogens (primary N) is 1. The fourth-order valence-electron chi connectivity index (χ4n) is 2.86. The summed E-state index contributed by atoms with van der Waals surface area (Å²) >= 11 is 0. The zero-order valence-corrected chi connectivity index (χ0v) is 13.4. The van der Waals surface area contributed by atoms with Crippen molar-refractivity contribution in [3.8, 4) is 0 Å². The minimum Gasteiger partial charge on any atom is -0.330 e. The van der Waals surface area contributed by atoms with Gasteiger partial charge in [0.15, 0.2) is 0 Å². The smallest absolute Gasteiger partial charge is 0.0236 e. The zero-order valence-electron chi connectivity index (χ0n) is 12.6. The normalized spacial score (nSPS) is 23.4. The molecule has 2 rings (SSSR count). The molecule has 108 valence electrons. The number of nitrogens with zero attached hydrogens (tertiary/aromatic N) is 1. The second kappa shape index (κ2) is 6.25. The van der Waals surface area contributed by atoms with E-state index in [9.17, 15) is 0 Å². The van der Waals surface area contributed by atoms with Gasteiger partial charge in [-0.05, 0) is 68.0 Å². The van der Waals surface area contributed by atoms with Crippen LogP contribution in [-0.4, -0.2) is 24.5 Å². The van der Waals surface area contributed by atoms with Gasteiger partial charge in [-0.25, -0.2) is 0 Å². The standard InChI is InChI=1S/C16H26N2.ClH/c1-12-7-14(3)15(8-13(12)2)9-18-6-5-16(4,10-17)11-18;/h7-8H,5-6,9-11,17H2,1-4H3;1H. The minimum absolute atomic E-state index is 0. The van der Waals surface area contributed by atoms with Gasteiger partial charge in [0, 0.05) is 13.1 Å². The molecule has 2 N–H and O–H groups in total. The Kier molecular flexibility index (Phi) is 5.43. The molecule has 1 fully saturated rings. The average molecular weight is 283 g/mol. The summed E-state index contributed by atoms with van der Waals surface area (Å²) in [6.07, 6.45) is 1.23. The number of likely N-dealkylation sites (tertiary alicyclic amines) is 1. The van der Waals surface area contributed by atoms with Crippen LogP contribution in [0.5, 0.6) is 0 Å². The molecule has 0 bridgehead atoms. The molecule has 1 aromatic carbocycles. The summed E-state index contributed by atoms with van der Waals surface area (Å²) in [5.74, 6) is 0. The minimum atomic E-state index is 0. The van der Waals surface area contributed by atoms with Gasteiger partial charge in [-0.15, -0.1) is 12.4 Å². The topological polar surface area (TPSA) is 29.3 Å². The first kappa shape index (κ1) is 16.5. The average Bonchev–Trinajstić information content (AvgIpc) is 2.69. The summed E-state index contributed by atoms with van der Waals surface area (Å²) in [6.45, 7) is 13.1. The van der Waals surface area contributed by atoms with E-state index in [2.05, 4.69) is 44.7 Å². The summed E-state index contributed by atoms with van der Waals surface area (Å²) < 4.78 is 0. The first-order chi connectivity index (χ1) is 8.43. The van der Waals surface area contributed by atoms with Crippen LogP contribution in [0.2, 0.25) is 0 Å². The molecule has 3 heteroatoms. The van der Waals surface area contributed by atoms with Gasteiger partial charge < -0.3 is 5.73 Å². The number of rotatable bonds is 3. The lowest BCUT2D eigenvalue weighted by molar-refractivity contribution is 0.274. The highest BCUT2D eigenvalue weighted by molar-refractivity contribution is 5.85. The lowest BCUT2D eigenvalue weighted by Crippen LogP contribution is -2.31. The van der Waals surface area contributed by atoms with Crippen LogP contribution in [-0.2, 0) is 6.54 Å². The number of aryl methyl sites for hydroxylation is 3. The third-order valence-corrected chi connectivity index (χ3v) is 4.48. The van der Waals surface area contributed by atoms with Crippen molar-refractivity contribution in [3.05, 3.63) is 34.4 Å². The van der Waals surface area contributed by atoms with E-state index >= 15 is 0 Å². The van der Waals surface area contributed by atoms with Crippen molar-refractivity contribution in [2.75, 3.05) is 19.6 Å². The molecule has 0 radical (unpaired) electrons. The van der Waals surface area contributed by atoms with E-state index in [4.69, 9.17) is 5.73 Å². The Bertz CT molecular complexity index is 445. The van der Waals surface area contributed by atoms with E-state index in [0.29, 0.717) is 5.41 Å². The predicted octanol–water partition coefficient (Wildman–Crippen LogP) is 3.20. The molecule has 1 heterocycles. The summed E-state index contributed by atoms with van der Waals surface area (Å²) in [5.41, 5.74) is 11.9. The van der Waals surface area contributed by atoms with Crippen molar-refractivity contribution >= 4 is 12.4 Å². The van der Waals surface area contributed by atoms with Crippen LogP contribution in [0, 0.1) is 26.2 Å². The van der Waals surface area contributed by atoms with Crippen molar-refractivity contribution in [2.45, 2.75) is 40.7 Å². The Morgan fingerprint density at radius 3 is 2.37 bits per heavy atom. The number of benzene rings is 1. The van der Waals surface area contributed by atoms with Crippen LogP contribution < -0.4 is 5.73 Å². The first-order valence-electron chi connectivity index (χ1n) is 6.93. The van der Waals surface area contributed by atoms with Crippen molar-refractivity contribution in [2.24, 2.45) is 11.1 Å². The molecular weight excluding hydrogens is 256 g/mol. The van der Waals surface area contributed by atoms with Gasteiger partial charge in [0.1, 0.15) is 0 Å². The molecule has 0 aliphatic carbocycles. The van der Waals surface area contributed by atoms with Gasteiger partial charge in [0.05, 0.1) is 0 Å². The lowest BCUT2D eigenvalue weighted by Gasteiger charge is -2.23. The van der Waals surface area contributed by atoms with E-state index in [1.54, 1.807) is 0 Å². The van der Waals surface area contributed by atoms with Crippen LogP contribution in [0.15, 0.2) is 12.1 Å². The Labute approximate surface area is 123 Å². The second-order valence-corrected chi connectivity index (χ2v) is 6.34. The molecule has 0 amide bonds. The van der Waals surface area contributed by atoms with Gasteiger partial charge in [0.25, 0.3) is 0 Å². The van der Waals surface area contributed by atoms with Crippen LogP contribution >= 0.6 is 12.4 Å². The maximum atomic E-state index is 5.87. The monoisotopic (exact) mass is 282 g/mol. The van der Waals surface area contributed by atoms with Crippen LogP contribution in [0.25, 0.3) is 0 Å². The molecule has 0 spiro atoms. The number of hydrogen-bond donors (Lipinski definition) is 1. The van der Waals surface area contributed by atoms with E-state index in [-0.39, 0.29) is 12.4 Å². The predicted molar refractivity (Wildman–Crippen MR) is 85.0 cm³/mol. The molecule has 0 saturated carbocycles. The third kappa shape index (κ3) is 3.71. The van der Waals surface area contributed by atoms with Gasteiger partial charge >= 0.3 is 0 Å². The first-order valence-corrected chi connectivity index (χ1v) is 6.93. The SMILES string of the molecule is Cc1cc(C)c(CN2CCC(C)(CN)C2)cc1C.Cl. The summed E-state index contributed by atoms with van der Waals surface area (Å²) in [4.78, 5) is 2.55. The van der Waals surface area contributed by atoms with Crippen molar-refractivity contribution in [1.82, 2.24) is 4.90 Å². The van der Waals surface area contributed by atoms with Gasteiger partial charge in [-0.2, -0.15) is 0 Å². The fraction of sp³-hybridized carbons (Fsp3) is 0.625. The molecule has 19 heavy (non-hydrogen) atoms. The van der Waals surface area contributed by atoms with E-state index in [1.165, 1.54) is 35.2 Å². The van der Waals surface area contributed by atoms with E-state index < -0.39 is 0 Å². The van der Waals surface area contributed by atoms with E-state index in [0.717, 1.165) is 19.6 Å². The zero-order chi connectivity index (χ0) is 13.3. The highest BCUT2D eigenvalue weighted by atomic mass is 35.5.